The smallest absolute Gasteiger partial charge is 0.222 e. The molecule has 0 aromatic carbocycles. The quantitative estimate of drug-likeness (QED) is 0.516. The fourth-order valence-corrected chi connectivity index (χ4v) is 0.813. The molecule has 0 aliphatic rings. The van der Waals surface area contributed by atoms with Crippen molar-refractivity contribution in [3.05, 3.63) is 0 Å². The third-order valence-corrected chi connectivity index (χ3v) is 1.63. The van der Waals surface area contributed by atoms with Crippen molar-refractivity contribution in [2.45, 2.75) is 30.3 Å². The van der Waals surface area contributed by atoms with Gasteiger partial charge in [0.15, 0.2) is 0 Å². The minimum Gasteiger partial charge on any atom is -0.222 e. The number of rotatable bonds is 3. The van der Waals surface area contributed by atoms with Gasteiger partial charge in [0.2, 0.25) is 0 Å². The first-order valence-electron chi connectivity index (χ1n) is 2.86. The van der Waals surface area contributed by atoms with E-state index < -0.39 is 30.3 Å². The van der Waals surface area contributed by atoms with Gasteiger partial charge in [0.1, 0.15) is 0 Å². The van der Waals surface area contributed by atoms with Crippen molar-refractivity contribution in [1.82, 2.24) is 0 Å². The molecule has 0 saturated carbocycles. The number of hydrogen-bond acceptors (Lipinski definition) is 0. The van der Waals surface area contributed by atoms with Gasteiger partial charge in [-0.3, -0.25) is 0 Å². The highest BCUT2D eigenvalue weighted by molar-refractivity contribution is 6.22. The molecule has 0 radical (unpaired) electrons. The van der Waals surface area contributed by atoms with Gasteiger partial charge in [-0.2, -0.15) is 8.78 Å². The molecular formula is C5H4ClF7. The van der Waals surface area contributed by atoms with Gasteiger partial charge in [-0.1, -0.05) is 0 Å². The molecule has 0 aliphatic heterocycles. The van der Waals surface area contributed by atoms with Crippen molar-refractivity contribution in [3.63, 3.8) is 0 Å². The molecule has 0 aliphatic carbocycles. The second kappa shape index (κ2) is 3.18. The van der Waals surface area contributed by atoms with E-state index in [1.165, 1.54) is 0 Å². The fourth-order valence-electron chi connectivity index (χ4n) is 0.564. The van der Waals surface area contributed by atoms with E-state index >= 15 is 0 Å². The second-order valence-corrected chi connectivity index (χ2v) is 2.87. The van der Waals surface area contributed by atoms with Gasteiger partial charge in [0.25, 0.3) is 12.3 Å². The lowest BCUT2D eigenvalue weighted by atomic mass is 10.00. The third kappa shape index (κ3) is 2.00. The van der Waals surface area contributed by atoms with Crippen LogP contribution in [0, 0.1) is 0 Å². The summed E-state index contributed by atoms with van der Waals surface area (Å²) in [5.41, 5.74) is -5.36. The summed E-state index contributed by atoms with van der Waals surface area (Å²) in [4.78, 5) is 0. The highest BCUT2D eigenvalue weighted by Crippen LogP contribution is 2.49. The Morgan fingerprint density at radius 3 is 1.31 bits per heavy atom. The van der Waals surface area contributed by atoms with Gasteiger partial charge in [0.05, 0.1) is 0 Å². The van der Waals surface area contributed by atoms with Crippen LogP contribution in [0.1, 0.15) is 6.92 Å². The SMILES string of the molecule is CC(F)(F)C(F)(C(F)F)C(F)(F)Cl. The molecule has 0 bridgehead atoms. The first kappa shape index (κ1) is 12.8. The van der Waals surface area contributed by atoms with E-state index in [1.807, 2.05) is 0 Å². The van der Waals surface area contributed by atoms with Crippen molar-refractivity contribution in [3.8, 4) is 0 Å². The molecule has 13 heavy (non-hydrogen) atoms. The summed E-state index contributed by atoms with van der Waals surface area (Å²) in [5.74, 6) is -4.94. The molecule has 1 atom stereocenters. The van der Waals surface area contributed by atoms with Crippen molar-refractivity contribution < 1.29 is 30.7 Å². The molecule has 0 nitrogen and oxygen atoms in total. The van der Waals surface area contributed by atoms with E-state index in [-0.39, 0.29) is 0 Å². The summed E-state index contributed by atoms with van der Waals surface area (Å²) in [6.07, 6.45) is -4.58. The first-order valence-corrected chi connectivity index (χ1v) is 3.24. The first-order chi connectivity index (χ1) is 5.44. The predicted molar refractivity (Wildman–Crippen MR) is 31.3 cm³/mol. The van der Waals surface area contributed by atoms with Crippen LogP contribution in [0.15, 0.2) is 0 Å². The fraction of sp³-hybridized carbons (Fsp3) is 1.00. The van der Waals surface area contributed by atoms with Gasteiger partial charge in [0, 0.05) is 6.92 Å². The Bertz CT molecular complexity index is 164. The number of alkyl halides is 8. The minimum absolute atomic E-state index is 0.393. The van der Waals surface area contributed by atoms with Crippen molar-refractivity contribution in [1.29, 1.82) is 0 Å². The Kier molecular flexibility index (Phi) is 3.13. The van der Waals surface area contributed by atoms with E-state index in [2.05, 4.69) is 11.6 Å². The zero-order valence-electron chi connectivity index (χ0n) is 6.10. The lowest BCUT2D eigenvalue weighted by Crippen LogP contribution is -2.58. The topological polar surface area (TPSA) is 0 Å². The van der Waals surface area contributed by atoms with Crippen LogP contribution >= 0.6 is 11.6 Å². The minimum atomic E-state index is -5.36. The van der Waals surface area contributed by atoms with E-state index in [9.17, 15) is 30.7 Å². The summed E-state index contributed by atoms with van der Waals surface area (Å²) in [5, 5.41) is -5.33. The molecule has 0 rings (SSSR count). The third-order valence-electron chi connectivity index (χ3n) is 1.35. The predicted octanol–water partition coefficient (Wildman–Crippen LogP) is 3.45. The van der Waals surface area contributed by atoms with E-state index in [4.69, 9.17) is 0 Å². The molecule has 0 amide bonds. The Hall–Kier alpha value is -0.200. The standard InChI is InChI=1S/C5H4ClF7/c1-3(9,10)4(11,2(7)8)5(6,12)13/h2H,1H3. The lowest BCUT2D eigenvalue weighted by Gasteiger charge is -2.32. The van der Waals surface area contributed by atoms with Crippen LogP contribution in [0.5, 0.6) is 0 Å². The molecule has 0 heterocycles. The van der Waals surface area contributed by atoms with Gasteiger partial charge in [-0.15, -0.1) is 0 Å². The average Bonchev–Trinajstić information content (AvgIpc) is 1.80. The van der Waals surface area contributed by atoms with Crippen LogP contribution in [-0.2, 0) is 0 Å². The average molecular weight is 233 g/mol. The molecule has 0 fully saturated rings. The van der Waals surface area contributed by atoms with Gasteiger partial charge >= 0.3 is 11.1 Å². The second-order valence-electron chi connectivity index (χ2n) is 2.40. The monoisotopic (exact) mass is 232 g/mol. The number of hydrogen-bond donors (Lipinski definition) is 0. The Balaban J connectivity index is 5.22. The summed E-state index contributed by atoms with van der Waals surface area (Å²) < 4.78 is 84.0. The molecular weight excluding hydrogens is 228 g/mol. The maximum atomic E-state index is 12.5. The van der Waals surface area contributed by atoms with Crippen LogP contribution in [0.25, 0.3) is 0 Å². The maximum absolute atomic E-state index is 12.5. The largest absolute Gasteiger partial charge is 0.366 e. The molecule has 0 aromatic rings. The molecule has 8 heteroatoms. The molecule has 0 aromatic heterocycles. The van der Waals surface area contributed by atoms with Gasteiger partial charge in [-0.25, -0.2) is 22.0 Å². The van der Waals surface area contributed by atoms with Crippen LogP contribution < -0.4 is 0 Å². The molecule has 0 N–H and O–H groups in total. The molecule has 80 valence electrons. The van der Waals surface area contributed by atoms with Crippen molar-refractivity contribution in [2.75, 3.05) is 0 Å². The maximum Gasteiger partial charge on any atom is 0.366 e. The lowest BCUT2D eigenvalue weighted by molar-refractivity contribution is -0.255. The molecule has 0 spiro atoms. The van der Waals surface area contributed by atoms with Gasteiger partial charge < -0.3 is 0 Å². The summed E-state index contributed by atoms with van der Waals surface area (Å²) in [7, 11) is 0. The molecule has 1 unspecified atom stereocenters. The summed E-state index contributed by atoms with van der Waals surface area (Å²) >= 11 is 3.85. The van der Waals surface area contributed by atoms with Crippen LogP contribution in [-0.4, -0.2) is 23.4 Å². The zero-order valence-corrected chi connectivity index (χ0v) is 6.86. The Morgan fingerprint density at radius 1 is 1.00 bits per heavy atom. The zero-order chi connectivity index (χ0) is 11.1. The Labute approximate surface area is 73.7 Å². The Morgan fingerprint density at radius 2 is 1.31 bits per heavy atom. The van der Waals surface area contributed by atoms with Crippen molar-refractivity contribution in [2.24, 2.45) is 0 Å². The van der Waals surface area contributed by atoms with Gasteiger partial charge in [-0.05, 0) is 11.6 Å². The van der Waals surface area contributed by atoms with Crippen molar-refractivity contribution >= 4 is 11.6 Å². The van der Waals surface area contributed by atoms with E-state index in [0.29, 0.717) is 0 Å². The highest BCUT2D eigenvalue weighted by atomic mass is 35.5. The van der Waals surface area contributed by atoms with Crippen LogP contribution in [0.3, 0.4) is 0 Å². The number of halogens is 8. The van der Waals surface area contributed by atoms with Crippen LogP contribution in [0.4, 0.5) is 30.7 Å². The van der Waals surface area contributed by atoms with Crippen LogP contribution in [0.2, 0.25) is 0 Å². The molecule has 0 saturated heterocycles. The summed E-state index contributed by atoms with van der Waals surface area (Å²) in [6.45, 7) is -0.393. The normalized spacial score (nSPS) is 18.9. The summed E-state index contributed by atoms with van der Waals surface area (Å²) in [6, 6.07) is 0. The highest BCUT2D eigenvalue weighted by Gasteiger charge is 2.72. The van der Waals surface area contributed by atoms with E-state index in [0.717, 1.165) is 0 Å². The van der Waals surface area contributed by atoms with E-state index in [1.54, 1.807) is 0 Å².